The Morgan fingerprint density at radius 3 is 2.67 bits per heavy atom. The van der Waals surface area contributed by atoms with E-state index in [4.69, 9.17) is 15.6 Å². The van der Waals surface area contributed by atoms with Gasteiger partial charge in [-0.3, -0.25) is 4.90 Å². The predicted molar refractivity (Wildman–Crippen MR) is 87.6 cm³/mol. The highest BCUT2D eigenvalue weighted by Gasteiger charge is 2.34. The molecule has 0 spiro atoms. The van der Waals surface area contributed by atoms with E-state index in [2.05, 4.69) is 10.6 Å². The van der Waals surface area contributed by atoms with Crippen molar-refractivity contribution in [1.82, 2.24) is 15.5 Å². The molecule has 0 radical (unpaired) electrons. The summed E-state index contributed by atoms with van der Waals surface area (Å²) in [6.45, 7) is 5.93. The van der Waals surface area contributed by atoms with Crippen molar-refractivity contribution in [3.63, 3.8) is 0 Å². The van der Waals surface area contributed by atoms with Crippen LogP contribution in [0, 0.1) is 0 Å². The number of hydrogen-bond acceptors (Lipinski definition) is 5. The maximum Gasteiger partial charge on any atom is 0.329 e. The molecule has 0 aromatic heterocycles. The Kier molecular flexibility index (Phi) is 7.85. The molecule has 1 saturated heterocycles. The summed E-state index contributed by atoms with van der Waals surface area (Å²) >= 11 is 0. The van der Waals surface area contributed by atoms with E-state index in [-0.39, 0.29) is 43.4 Å². The Bertz CT molecular complexity index is 430. The molecule has 0 unspecified atom stereocenters. The number of carbonyl (C=O) groups excluding carboxylic acids is 1. The topological polar surface area (TPSA) is 117 Å². The molecule has 0 bridgehead atoms. The number of ether oxygens (including phenoxy) is 1. The van der Waals surface area contributed by atoms with Crippen molar-refractivity contribution in [2.24, 2.45) is 5.73 Å². The fourth-order valence-electron chi connectivity index (χ4n) is 2.66. The average Bonchev–Trinajstić information content (AvgIpc) is 2.77. The van der Waals surface area contributed by atoms with Gasteiger partial charge in [-0.15, -0.1) is 0 Å². The fourth-order valence-corrected chi connectivity index (χ4v) is 2.66. The van der Waals surface area contributed by atoms with E-state index in [1.807, 2.05) is 25.7 Å². The van der Waals surface area contributed by atoms with Crippen molar-refractivity contribution < 1.29 is 23.8 Å². The highest BCUT2D eigenvalue weighted by Crippen LogP contribution is 2.19. The summed E-state index contributed by atoms with van der Waals surface area (Å²) in [5, 5.41) is 14.3. The second-order valence-corrected chi connectivity index (χ2v) is 7.13. The van der Waals surface area contributed by atoms with Crippen molar-refractivity contribution in [2.75, 3.05) is 32.8 Å². The first-order valence-electron chi connectivity index (χ1n) is 8.07. The smallest absolute Gasteiger partial charge is 0.329 e. The van der Waals surface area contributed by atoms with Gasteiger partial charge in [0.2, 0.25) is 0 Å². The molecular formula is C15H29FN4O4. The van der Waals surface area contributed by atoms with Gasteiger partial charge in [-0.1, -0.05) is 0 Å². The van der Waals surface area contributed by atoms with Gasteiger partial charge in [0.25, 0.3) is 0 Å². The lowest BCUT2D eigenvalue weighted by Crippen LogP contribution is -2.50. The van der Waals surface area contributed by atoms with Crippen LogP contribution in [-0.2, 0) is 9.53 Å². The van der Waals surface area contributed by atoms with Gasteiger partial charge < -0.3 is 26.2 Å². The SMILES string of the molecule is CC(C)(C)NC(=O)N[C@@H]1C[C@@H](COCC(=O)O)N(C[C@@H](F)CN)C1. The first kappa shape index (κ1) is 20.6. The highest BCUT2D eigenvalue weighted by atomic mass is 19.1. The molecule has 3 atom stereocenters. The van der Waals surface area contributed by atoms with Gasteiger partial charge in [-0.25, -0.2) is 14.0 Å². The van der Waals surface area contributed by atoms with E-state index in [9.17, 15) is 14.0 Å². The molecule has 0 saturated carbocycles. The van der Waals surface area contributed by atoms with Gasteiger partial charge in [-0.05, 0) is 27.2 Å². The number of rotatable bonds is 8. The molecule has 5 N–H and O–H groups in total. The van der Waals surface area contributed by atoms with E-state index in [1.54, 1.807) is 0 Å². The Morgan fingerprint density at radius 2 is 2.12 bits per heavy atom. The zero-order valence-electron chi connectivity index (χ0n) is 14.5. The minimum Gasteiger partial charge on any atom is -0.480 e. The van der Waals surface area contributed by atoms with Crippen molar-refractivity contribution in [3.8, 4) is 0 Å². The second kappa shape index (κ2) is 9.14. The molecule has 1 aliphatic heterocycles. The van der Waals surface area contributed by atoms with E-state index >= 15 is 0 Å². The lowest BCUT2D eigenvalue weighted by Gasteiger charge is -2.25. The molecule has 0 aromatic rings. The molecule has 1 fully saturated rings. The zero-order chi connectivity index (χ0) is 18.3. The third kappa shape index (κ3) is 7.89. The third-order valence-corrected chi connectivity index (χ3v) is 3.58. The number of carboxylic acids is 1. The number of amides is 2. The number of carbonyl (C=O) groups is 2. The minimum atomic E-state index is -1.17. The van der Waals surface area contributed by atoms with Crippen molar-refractivity contribution in [3.05, 3.63) is 0 Å². The van der Waals surface area contributed by atoms with Gasteiger partial charge in [0.05, 0.1) is 6.61 Å². The fraction of sp³-hybridized carbons (Fsp3) is 0.867. The summed E-state index contributed by atoms with van der Waals surface area (Å²) in [6.07, 6.45) is -0.608. The number of likely N-dealkylation sites (tertiary alicyclic amines) is 1. The molecule has 9 heteroatoms. The molecule has 1 aliphatic rings. The van der Waals surface area contributed by atoms with Crippen LogP contribution in [-0.4, -0.2) is 78.6 Å². The van der Waals surface area contributed by atoms with Crippen LogP contribution in [0.2, 0.25) is 0 Å². The van der Waals surface area contributed by atoms with E-state index < -0.39 is 18.7 Å². The Morgan fingerprint density at radius 1 is 1.46 bits per heavy atom. The molecule has 8 nitrogen and oxygen atoms in total. The quantitative estimate of drug-likeness (QED) is 0.488. The molecule has 0 aliphatic carbocycles. The van der Waals surface area contributed by atoms with Gasteiger partial charge in [0.15, 0.2) is 0 Å². The Labute approximate surface area is 141 Å². The second-order valence-electron chi connectivity index (χ2n) is 7.13. The van der Waals surface area contributed by atoms with Crippen LogP contribution >= 0.6 is 0 Å². The summed E-state index contributed by atoms with van der Waals surface area (Å²) in [6, 6.07) is -0.597. The Hall–Kier alpha value is -1.45. The summed E-state index contributed by atoms with van der Waals surface area (Å²) < 4.78 is 18.8. The number of nitrogens with zero attached hydrogens (tertiary/aromatic N) is 1. The highest BCUT2D eigenvalue weighted by molar-refractivity contribution is 5.75. The largest absolute Gasteiger partial charge is 0.480 e. The molecular weight excluding hydrogens is 319 g/mol. The van der Waals surface area contributed by atoms with Gasteiger partial charge in [-0.2, -0.15) is 0 Å². The van der Waals surface area contributed by atoms with Crippen molar-refractivity contribution in [2.45, 2.75) is 51.0 Å². The minimum absolute atomic E-state index is 0.0815. The van der Waals surface area contributed by atoms with Crippen LogP contribution in [0.4, 0.5) is 9.18 Å². The maximum absolute atomic E-state index is 13.6. The number of aliphatic carboxylic acids is 1. The van der Waals surface area contributed by atoms with E-state index in [0.29, 0.717) is 13.0 Å². The molecule has 2 amide bonds. The van der Waals surface area contributed by atoms with Gasteiger partial charge in [0.1, 0.15) is 12.8 Å². The number of carboxylic acid groups (broad SMARTS) is 1. The van der Waals surface area contributed by atoms with Gasteiger partial charge >= 0.3 is 12.0 Å². The zero-order valence-corrected chi connectivity index (χ0v) is 14.5. The van der Waals surface area contributed by atoms with Crippen molar-refractivity contribution in [1.29, 1.82) is 0 Å². The maximum atomic E-state index is 13.6. The molecule has 0 aromatic carbocycles. The third-order valence-electron chi connectivity index (χ3n) is 3.58. The molecule has 1 heterocycles. The number of halogens is 1. The lowest BCUT2D eigenvalue weighted by atomic mass is 10.1. The van der Waals surface area contributed by atoms with Crippen LogP contribution in [0.25, 0.3) is 0 Å². The van der Waals surface area contributed by atoms with Crippen LogP contribution in [0.15, 0.2) is 0 Å². The standard InChI is InChI=1S/C15H29FN4O4/c1-15(2,3)19-14(23)18-11-4-12(8-24-9-13(21)22)20(7-11)6-10(16)5-17/h10-12H,4-9,17H2,1-3H3,(H,21,22)(H2,18,19,23)/t10-,11+,12-/m0/s1. The number of alkyl halides is 1. The monoisotopic (exact) mass is 348 g/mol. The van der Waals surface area contributed by atoms with Gasteiger partial charge in [0, 0.05) is 37.3 Å². The average molecular weight is 348 g/mol. The normalized spacial score (nSPS) is 23.0. The first-order chi connectivity index (χ1) is 11.1. The van der Waals surface area contributed by atoms with Crippen LogP contribution in [0.1, 0.15) is 27.2 Å². The lowest BCUT2D eigenvalue weighted by molar-refractivity contribution is -0.142. The number of urea groups is 1. The van der Waals surface area contributed by atoms with E-state index in [0.717, 1.165) is 0 Å². The van der Waals surface area contributed by atoms with E-state index in [1.165, 1.54) is 0 Å². The Balaban J connectivity index is 2.57. The molecule has 140 valence electrons. The summed E-state index contributed by atoms with van der Waals surface area (Å²) in [5.74, 6) is -1.05. The van der Waals surface area contributed by atoms with Crippen molar-refractivity contribution >= 4 is 12.0 Å². The first-order valence-corrected chi connectivity index (χ1v) is 8.07. The number of hydrogen-bond donors (Lipinski definition) is 4. The number of nitrogens with two attached hydrogens (primary N) is 1. The summed E-state index contributed by atoms with van der Waals surface area (Å²) in [7, 11) is 0. The van der Waals surface area contributed by atoms with Crippen LogP contribution in [0.3, 0.4) is 0 Å². The van der Waals surface area contributed by atoms with Crippen LogP contribution in [0.5, 0.6) is 0 Å². The number of nitrogens with one attached hydrogen (secondary N) is 2. The molecule has 1 rings (SSSR count). The molecule has 24 heavy (non-hydrogen) atoms. The predicted octanol–water partition coefficient (Wildman–Crippen LogP) is -0.0750. The summed E-state index contributed by atoms with van der Waals surface area (Å²) in [4.78, 5) is 24.4. The van der Waals surface area contributed by atoms with Crippen LogP contribution < -0.4 is 16.4 Å². The summed E-state index contributed by atoms with van der Waals surface area (Å²) in [5.41, 5.74) is 4.98.